The molecule has 0 spiro atoms. The predicted molar refractivity (Wildman–Crippen MR) is 145 cm³/mol. The fourth-order valence-corrected chi connectivity index (χ4v) is 5.71. The van der Waals surface area contributed by atoms with E-state index in [2.05, 4.69) is 0 Å². The summed E-state index contributed by atoms with van der Waals surface area (Å²) >= 11 is 0. The number of rotatable bonds is 3. The molecule has 2 aromatic carbocycles. The Kier molecular flexibility index (Phi) is 7.37. The van der Waals surface area contributed by atoms with Crippen LogP contribution in [0.15, 0.2) is 65.4 Å². The van der Waals surface area contributed by atoms with Crippen LogP contribution in [0.4, 0.5) is 36.8 Å². The molecule has 2 aliphatic heterocycles. The number of alkyl halides is 6. The largest absolute Gasteiger partial charge is 0.473 e. The van der Waals surface area contributed by atoms with Crippen LogP contribution in [-0.4, -0.2) is 34.6 Å². The molecule has 3 amide bonds. The Balaban J connectivity index is 1.55. The highest BCUT2D eigenvalue weighted by Crippen LogP contribution is 2.50. The number of carbonyl (C=O) groups excluding carboxylic acids is 3. The average Bonchev–Trinajstić information content (AvgIpc) is 3.47. The van der Waals surface area contributed by atoms with Crippen LogP contribution >= 0.6 is 0 Å². The van der Waals surface area contributed by atoms with Gasteiger partial charge in [0.15, 0.2) is 0 Å². The number of amides is 3. The quantitative estimate of drug-likeness (QED) is 0.204. The van der Waals surface area contributed by atoms with Crippen molar-refractivity contribution in [2.75, 3.05) is 4.90 Å². The van der Waals surface area contributed by atoms with Gasteiger partial charge >= 0.3 is 18.4 Å². The van der Waals surface area contributed by atoms with E-state index in [1.807, 2.05) is 12.1 Å². The molecule has 1 saturated heterocycles. The van der Waals surface area contributed by atoms with E-state index in [9.17, 15) is 40.7 Å². The fraction of sp³-hybridized carbons (Fsp3) is 0.387. The molecule has 0 aromatic heterocycles. The molecule has 3 atom stereocenters. The fourth-order valence-electron chi connectivity index (χ4n) is 5.71. The van der Waals surface area contributed by atoms with Crippen molar-refractivity contribution < 1.29 is 50.2 Å². The van der Waals surface area contributed by atoms with E-state index in [0.29, 0.717) is 23.5 Å². The Labute approximate surface area is 248 Å². The maximum atomic E-state index is 13.7. The molecule has 1 aliphatic carbocycles. The van der Waals surface area contributed by atoms with Crippen molar-refractivity contribution in [1.29, 1.82) is 0 Å². The van der Waals surface area contributed by atoms with Crippen molar-refractivity contribution in [3.05, 3.63) is 87.7 Å². The maximum Gasteiger partial charge on any atom is 0.417 e. The van der Waals surface area contributed by atoms with Gasteiger partial charge in [0, 0.05) is 17.2 Å². The van der Waals surface area contributed by atoms with Gasteiger partial charge in [0.05, 0.1) is 29.0 Å². The second kappa shape index (κ2) is 10.4. The molecule has 2 aromatic rings. The highest BCUT2D eigenvalue weighted by molar-refractivity contribution is 6.09. The summed E-state index contributed by atoms with van der Waals surface area (Å²) in [6.07, 6.45) is -11.2. The van der Waals surface area contributed by atoms with E-state index in [1.54, 1.807) is 32.9 Å². The van der Waals surface area contributed by atoms with Crippen LogP contribution in [0.3, 0.4) is 0 Å². The van der Waals surface area contributed by atoms with Crippen LogP contribution in [0, 0.1) is 5.92 Å². The molecule has 13 heteroatoms. The number of ether oxygens (including phenoxy) is 2. The number of halogens is 6. The normalized spacial score (nSPS) is 23.1. The first-order chi connectivity index (χ1) is 20.3. The topological polar surface area (TPSA) is 76.2 Å². The van der Waals surface area contributed by atoms with Gasteiger partial charge in [-0.1, -0.05) is 24.3 Å². The Hall–Kier alpha value is -4.29. The molecule has 2 heterocycles. The van der Waals surface area contributed by atoms with E-state index in [0.717, 1.165) is 22.3 Å². The highest BCUT2D eigenvalue weighted by Gasteiger charge is 2.53. The van der Waals surface area contributed by atoms with Gasteiger partial charge in [-0.25, -0.2) is 9.69 Å². The third kappa shape index (κ3) is 5.43. The number of benzene rings is 2. The van der Waals surface area contributed by atoms with E-state index >= 15 is 0 Å². The molecule has 0 N–H and O–H groups in total. The molecule has 0 saturated carbocycles. The molecule has 0 radical (unpaired) electrons. The molecule has 1 fully saturated rings. The molecular weight excluding hydrogens is 594 g/mol. The second-order valence-corrected chi connectivity index (χ2v) is 11.9. The van der Waals surface area contributed by atoms with Gasteiger partial charge in [-0.3, -0.25) is 14.5 Å². The van der Waals surface area contributed by atoms with Crippen LogP contribution in [0.5, 0.6) is 0 Å². The number of anilines is 1. The number of imide groups is 1. The number of likely N-dealkylation sites (tertiary alicyclic amines) is 1. The van der Waals surface area contributed by atoms with Gasteiger partial charge in [-0.2, -0.15) is 26.3 Å². The summed E-state index contributed by atoms with van der Waals surface area (Å²) in [5.41, 5.74) is -2.87. The van der Waals surface area contributed by atoms with Crippen molar-refractivity contribution in [2.45, 2.75) is 71.3 Å². The average molecular weight is 623 g/mol. The van der Waals surface area contributed by atoms with Crippen molar-refractivity contribution in [1.82, 2.24) is 4.90 Å². The van der Waals surface area contributed by atoms with E-state index in [-0.39, 0.29) is 22.8 Å². The second-order valence-electron chi connectivity index (χ2n) is 11.9. The summed E-state index contributed by atoms with van der Waals surface area (Å²) in [7, 11) is 0. The van der Waals surface area contributed by atoms with Gasteiger partial charge < -0.3 is 9.47 Å². The Morgan fingerprint density at radius 1 is 0.909 bits per heavy atom. The predicted octanol–water partition coefficient (Wildman–Crippen LogP) is 7.32. The third-order valence-corrected chi connectivity index (χ3v) is 7.84. The summed E-state index contributed by atoms with van der Waals surface area (Å²) in [6, 6.07) is 7.34. The molecule has 0 bridgehead atoms. The van der Waals surface area contributed by atoms with Crippen molar-refractivity contribution in [3.63, 3.8) is 0 Å². The lowest BCUT2D eigenvalue weighted by atomic mass is 9.97. The zero-order valence-electron chi connectivity index (χ0n) is 24.3. The van der Waals surface area contributed by atoms with Crippen molar-refractivity contribution in [3.8, 4) is 0 Å². The minimum Gasteiger partial charge on any atom is -0.473 e. The number of nitrogens with zero attached hydrogens (tertiary/aromatic N) is 2. The molecule has 3 aliphatic rings. The summed E-state index contributed by atoms with van der Waals surface area (Å²) in [5, 5.41) is 0. The highest BCUT2D eigenvalue weighted by atomic mass is 19.4. The zero-order chi connectivity index (χ0) is 32.5. The van der Waals surface area contributed by atoms with Gasteiger partial charge in [0.2, 0.25) is 6.23 Å². The minimum absolute atomic E-state index is 0.0324. The first-order valence-corrected chi connectivity index (χ1v) is 13.6. The van der Waals surface area contributed by atoms with E-state index < -0.39 is 70.9 Å². The summed E-state index contributed by atoms with van der Waals surface area (Å²) in [5.74, 6) is -2.16. The summed E-state index contributed by atoms with van der Waals surface area (Å²) in [6.45, 7) is 7.76. The molecule has 44 heavy (non-hydrogen) atoms. The third-order valence-electron chi connectivity index (χ3n) is 7.84. The first-order valence-electron chi connectivity index (χ1n) is 13.6. The van der Waals surface area contributed by atoms with Crippen LogP contribution in [0.25, 0.3) is 0 Å². The number of fused-ring (bicyclic) bond motifs is 3. The van der Waals surface area contributed by atoms with Crippen LogP contribution in [0.2, 0.25) is 0 Å². The number of hydrogen-bond donors (Lipinski definition) is 0. The number of carbonyl (C=O) groups is 3. The lowest BCUT2D eigenvalue weighted by Gasteiger charge is -2.27. The Morgan fingerprint density at radius 3 is 2.07 bits per heavy atom. The van der Waals surface area contributed by atoms with Gasteiger partial charge in [-0.15, -0.1) is 0 Å². The lowest BCUT2D eigenvalue weighted by Crippen LogP contribution is -2.39. The lowest BCUT2D eigenvalue weighted by molar-refractivity contribution is -0.143. The molecular formula is C31H28F6N2O5. The van der Waals surface area contributed by atoms with E-state index in [4.69, 9.17) is 9.47 Å². The maximum absolute atomic E-state index is 13.7. The molecule has 3 unspecified atom stereocenters. The molecule has 234 valence electrons. The molecule has 7 nitrogen and oxygen atoms in total. The van der Waals surface area contributed by atoms with Gasteiger partial charge in [-0.05, 0) is 75.9 Å². The van der Waals surface area contributed by atoms with Crippen LogP contribution in [0.1, 0.15) is 62.9 Å². The first kappa shape index (κ1) is 31.1. The number of hydrogen-bond acceptors (Lipinski definition) is 5. The minimum atomic E-state index is -5.14. The van der Waals surface area contributed by atoms with Crippen LogP contribution < -0.4 is 4.90 Å². The Bertz CT molecular complexity index is 1590. The van der Waals surface area contributed by atoms with Crippen LogP contribution in [-0.2, 0) is 37.8 Å². The zero-order valence-corrected chi connectivity index (χ0v) is 24.3. The SMILES string of the molecule is CC1=C(C)C(O/C=C2/C(=O)N(C(=O)OC(C)(C)C)C3c4ccccc4CC23)N(c2cc(C(F)(F)F)cc(C(F)(F)F)c2)C1=O. The standard InChI is InChI=1S/C31H28F6N2O5/c1-15-16(2)27(38(25(15)40)20-12-18(30(32,33)34)11-19(13-20)31(35,36)37)43-14-23-22-10-17-8-6-7-9-21(17)24(22)39(26(23)41)28(42)44-29(3,4)5/h6-9,11-14,22,24,27H,10H2,1-5H3/b23-14+. The monoisotopic (exact) mass is 622 g/mol. The van der Waals surface area contributed by atoms with Crippen molar-refractivity contribution >= 4 is 23.6 Å². The summed E-state index contributed by atoms with van der Waals surface area (Å²) < 4.78 is 93.0. The van der Waals surface area contributed by atoms with E-state index in [1.165, 1.54) is 13.8 Å². The van der Waals surface area contributed by atoms with Gasteiger partial charge in [0.25, 0.3) is 11.8 Å². The smallest absolute Gasteiger partial charge is 0.417 e. The Morgan fingerprint density at radius 2 is 1.50 bits per heavy atom. The van der Waals surface area contributed by atoms with Crippen molar-refractivity contribution in [2.24, 2.45) is 5.92 Å². The van der Waals surface area contributed by atoms with Gasteiger partial charge in [0.1, 0.15) is 5.60 Å². The molecule has 5 rings (SSSR count). The summed E-state index contributed by atoms with van der Waals surface area (Å²) in [4.78, 5) is 41.7.